The lowest BCUT2D eigenvalue weighted by Gasteiger charge is -2.28. The minimum absolute atomic E-state index is 0. The molecule has 0 heterocycles. The van der Waals surface area contributed by atoms with Gasteiger partial charge in [-0.1, -0.05) is 110 Å². The molecule has 0 spiro atoms. The summed E-state index contributed by atoms with van der Waals surface area (Å²) in [4.78, 5) is 72.4. The predicted molar refractivity (Wildman–Crippen MR) is 324 cm³/mol. The SMILES string of the molecule is C.C.C.C.C.CCOC(=O)C1(N)Cc2ccccc2C1.CCOC(=O)C1(NC(=O)c2ccc(OC(F)F)cc2C)Cc2ccccc2C1.Cc1cc(OC(F)F)ccc1C(=O)NC1(C(=O)O)Cc2ccccc2C1.Cc1cc(OC(F)F)ccc1C(=O)O. The predicted octanol–water partition coefficient (Wildman–Crippen LogP) is 12.9. The Morgan fingerprint density at radius 3 is 1.02 bits per heavy atom. The fraction of sp³-hybridized carbons (Fsp3) is 0.364. The number of aryl methyl sites for hydroxylation is 3. The van der Waals surface area contributed by atoms with Gasteiger partial charge in [0.25, 0.3) is 11.8 Å². The summed E-state index contributed by atoms with van der Waals surface area (Å²) in [5, 5.41) is 23.8. The molecule has 0 fully saturated rings. The lowest BCUT2D eigenvalue weighted by molar-refractivity contribution is -0.150. The van der Waals surface area contributed by atoms with Crippen LogP contribution in [0.1, 0.15) is 132 Å². The van der Waals surface area contributed by atoms with Gasteiger partial charge in [0.2, 0.25) is 0 Å². The van der Waals surface area contributed by atoms with Crippen LogP contribution in [0.4, 0.5) is 26.3 Å². The molecule has 3 aliphatic rings. The van der Waals surface area contributed by atoms with E-state index in [2.05, 4.69) is 24.8 Å². The van der Waals surface area contributed by atoms with Crippen molar-refractivity contribution < 1.29 is 89.0 Å². The van der Waals surface area contributed by atoms with Gasteiger partial charge < -0.3 is 50.3 Å². The number of nitrogens with one attached hydrogen (secondary N) is 2. The molecule has 0 saturated carbocycles. The number of benzene rings is 6. The third-order valence-electron chi connectivity index (χ3n) is 13.8. The van der Waals surface area contributed by atoms with E-state index in [0.29, 0.717) is 49.0 Å². The van der Waals surface area contributed by atoms with Gasteiger partial charge >= 0.3 is 43.7 Å². The Hall–Kier alpha value is -8.92. The quantitative estimate of drug-likeness (QED) is 0.0448. The molecule has 0 unspecified atom stereocenters. The number of aliphatic carboxylic acids is 1. The number of nitrogens with two attached hydrogens (primary N) is 1. The first kappa shape index (κ1) is 77.1. The number of fused-ring (bicyclic) bond motifs is 3. The van der Waals surface area contributed by atoms with Gasteiger partial charge in [-0.2, -0.15) is 26.3 Å². The number of rotatable bonds is 16. The van der Waals surface area contributed by atoms with Crippen LogP contribution in [-0.2, 0) is 62.4 Å². The average molecular weight is 1240 g/mol. The van der Waals surface area contributed by atoms with E-state index in [1.807, 2.05) is 72.8 Å². The summed E-state index contributed by atoms with van der Waals surface area (Å²) in [6, 6.07) is 34.6. The fourth-order valence-electron chi connectivity index (χ4n) is 9.90. The summed E-state index contributed by atoms with van der Waals surface area (Å²) in [6.45, 7) is -0.00113. The number of esters is 2. The number of amides is 2. The molecule has 0 aromatic heterocycles. The van der Waals surface area contributed by atoms with Crippen molar-refractivity contribution in [1.29, 1.82) is 0 Å². The highest BCUT2D eigenvalue weighted by atomic mass is 19.3. The summed E-state index contributed by atoms with van der Waals surface area (Å²) in [6.07, 6.45) is 2.22. The number of ether oxygens (including phenoxy) is 5. The number of carbonyl (C=O) groups is 6. The van der Waals surface area contributed by atoms with E-state index in [9.17, 15) is 60.2 Å². The Kier molecular flexibility index (Phi) is 29.6. The topological polar surface area (TPSA) is 239 Å². The summed E-state index contributed by atoms with van der Waals surface area (Å²) < 4.78 is 95.8. The van der Waals surface area contributed by atoms with Crippen LogP contribution in [-0.4, -0.2) is 95.6 Å². The number of hydrogen-bond donors (Lipinski definition) is 5. The third kappa shape index (κ3) is 19.5. The number of alkyl halides is 6. The number of carboxylic acids is 2. The molecular formula is C66H81F6N3O13. The second-order valence-corrected chi connectivity index (χ2v) is 19.7. The van der Waals surface area contributed by atoms with E-state index in [4.69, 9.17) is 20.3 Å². The monoisotopic (exact) mass is 1240 g/mol. The molecule has 0 aliphatic heterocycles. The van der Waals surface area contributed by atoms with Crippen LogP contribution in [0.3, 0.4) is 0 Å². The highest BCUT2D eigenvalue weighted by molar-refractivity contribution is 6.01. The molecule has 2 amide bonds. The second-order valence-electron chi connectivity index (χ2n) is 19.7. The van der Waals surface area contributed by atoms with Crippen molar-refractivity contribution in [2.24, 2.45) is 5.73 Å². The van der Waals surface area contributed by atoms with Crippen LogP contribution in [0.5, 0.6) is 17.2 Å². The van der Waals surface area contributed by atoms with Crippen LogP contribution < -0.4 is 30.6 Å². The Morgan fingerprint density at radius 1 is 0.455 bits per heavy atom. The average Bonchev–Trinajstić information content (AvgIpc) is 2.62. The number of carbonyl (C=O) groups excluding carboxylic acids is 4. The Morgan fingerprint density at radius 2 is 0.739 bits per heavy atom. The summed E-state index contributed by atoms with van der Waals surface area (Å²) >= 11 is 0. The zero-order valence-corrected chi connectivity index (χ0v) is 45.7. The summed E-state index contributed by atoms with van der Waals surface area (Å²) in [5.41, 5.74) is 10.5. The van der Waals surface area contributed by atoms with Crippen LogP contribution in [0, 0.1) is 20.8 Å². The minimum atomic E-state index is -2.96. The van der Waals surface area contributed by atoms with Crippen LogP contribution in [0.2, 0.25) is 0 Å². The van der Waals surface area contributed by atoms with Crippen molar-refractivity contribution in [3.8, 4) is 17.2 Å². The summed E-state index contributed by atoms with van der Waals surface area (Å²) in [5.74, 6) is -4.15. The molecule has 6 aromatic rings. The lowest BCUT2D eigenvalue weighted by atomic mass is 9.94. The molecule has 88 heavy (non-hydrogen) atoms. The first-order valence-electron chi connectivity index (χ1n) is 25.9. The maximum atomic E-state index is 12.9. The first-order chi connectivity index (χ1) is 39.3. The zero-order chi connectivity index (χ0) is 60.8. The Labute approximate surface area is 510 Å². The molecule has 6 aromatic carbocycles. The number of aromatic carboxylic acids is 1. The molecule has 480 valence electrons. The van der Waals surface area contributed by atoms with Crippen molar-refractivity contribution in [2.75, 3.05) is 13.2 Å². The van der Waals surface area contributed by atoms with Gasteiger partial charge in [0.05, 0.1) is 18.8 Å². The molecule has 22 heteroatoms. The standard InChI is InChI=1S/C21H21F2NO4.C19H17F2NO4.C12H15NO2.C9H8F2O3.5CH4/c1-3-27-19(26)21(11-14-6-4-5-7-15(14)12-21)24-18(25)17-9-8-16(10-13(17)2)28-20(22)23;1-11-8-14(26-18(20)21)6-7-15(11)16(23)22-19(17(24)25)9-12-4-2-3-5-13(12)10-19;1-2-15-11(14)12(13)7-9-5-3-4-6-10(9)8-12;1-5-4-6(14-9(10)11)2-3-7(5)8(12)13;;;;;/h4-10,20H,3,11-12H2,1-2H3,(H,24,25);2-8,18H,9-10H2,1H3,(H,22,23)(H,24,25);3-6H,2,7-8,13H2,1H3;2-4,9H,1H3,(H,12,13);5*1H4. The van der Waals surface area contributed by atoms with E-state index >= 15 is 0 Å². The van der Waals surface area contributed by atoms with Crippen molar-refractivity contribution in [3.63, 3.8) is 0 Å². The van der Waals surface area contributed by atoms with E-state index in [0.717, 1.165) is 33.4 Å². The van der Waals surface area contributed by atoms with Crippen molar-refractivity contribution >= 4 is 35.7 Å². The highest BCUT2D eigenvalue weighted by Crippen LogP contribution is 2.34. The lowest BCUT2D eigenvalue weighted by Crippen LogP contribution is -2.56. The zero-order valence-electron chi connectivity index (χ0n) is 45.7. The van der Waals surface area contributed by atoms with Gasteiger partial charge in [-0.15, -0.1) is 0 Å². The van der Waals surface area contributed by atoms with Gasteiger partial charge in [0.1, 0.15) is 33.9 Å². The fourth-order valence-corrected chi connectivity index (χ4v) is 9.90. The maximum Gasteiger partial charge on any atom is 0.387 e. The highest BCUT2D eigenvalue weighted by Gasteiger charge is 2.48. The number of carboxylic acid groups (broad SMARTS) is 2. The number of halogens is 6. The normalized spacial score (nSPS) is 13.5. The van der Waals surface area contributed by atoms with Crippen molar-refractivity contribution in [2.45, 2.75) is 147 Å². The second kappa shape index (κ2) is 33.8. The molecule has 3 aliphatic carbocycles. The van der Waals surface area contributed by atoms with E-state index in [1.54, 1.807) is 27.7 Å². The molecule has 6 N–H and O–H groups in total. The van der Waals surface area contributed by atoms with Crippen molar-refractivity contribution in [3.05, 3.63) is 194 Å². The van der Waals surface area contributed by atoms with Gasteiger partial charge in [-0.05, 0) is 139 Å². The Balaban J connectivity index is 0.000000598. The summed E-state index contributed by atoms with van der Waals surface area (Å²) in [7, 11) is 0. The van der Waals surface area contributed by atoms with E-state index in [1.165, 1.54) is 61.5 Å². The molecule has 16 nitrogen and oxygen atoms in total. The van der Waals surface area contributed by atoms with Gasteiger partial charge in [0.15, 0.2) is 0 Å². The smallest absolute Gasteiger partial charge is 0.387 e. The van der Waals surface area contributed by atoms with Gasteiger partial charge in [-0.25, -0.2) is 14.4 Å². The molecule has 0 saturated heterocycles. The molecule has 0 atom stereocenters. The van der Waals surface area contributed by atoms with Crippen molar-refractivity contribution in [1.82, 2.24) is 10.6 Å². The Bertz CT molecular complexity index is 3270. The van der Waals surface area contributed by atoms with E-state index in [-0.39, 0.29) is 96.5 Å². The largest absolute Gasteiger partial charge is 0.479 e. The molecule has 9 rings (SSSR count). The van der Waals surface area contributed by atoms with Gasteiger partial charge in [-0.3, -0.25) is 14.4 Å². The molecule has 0 bridgehead atoms. The van der Waals surface area contributed by atoms with Crippen LogP contribution >= 0.6 is 0 Å². The minimum Gasteiger partial charge on any atom is -0.479 e. The van der Waals surface area contributed by atoms with Crippen LogP contribution in [0.15, 0.2) is 127 Å². The first-order valence-corrected chi connectivity index (χ1v) is 25.9. The molecule has 0 radical (unpaired) electrons. The van der Waals surface area contributed by atoms with E-state index < -0.39 is 66.2 Å². The molecular weight excluding hydrogens is 1160 g/mol. The van der Waals surface area contributed by atoms with Gasteiger partial charge in [0, 0.05) is 49.7 Å². The number of hydrogen-bond acceptors (Lipinski definition) is 12. The maximum absolute atomic E-state index is 12.9. The third-order valence-corrected chi connectivity index (χ3v) is 13.8. The van der Waals surface area contributed by atoms with Crippen LogP contribution in [0.25, 0.3) is 0 Å².